The molecular weight excluding hydrogens is 436 g/mol. The molecule has 2 amide bonds. The van der Waals surface area contributed by atoms with Gasteiger partial charge in [0.15, 0.2) is 5.13 Å². The van der Waals surface area contributed by atoms with Crippen LogP contribution in [0.4, 0.5) is 15.6 Å². The number of hydrogen-bond acceptors (Lipinski definition) is 6. The van der Waals surface area contributed by atoms with Gasteiger partial charge in [0.25, 0.3) is 0 Å². The summed E-state index contributed by atoms with van der Waals surface area (Å²) < 4.78 is 4.73. The number of aromatic nitrogens is 1. The van der Waals surface area contributed by atoms with Gasteiger partial charge >= 0.3 is 12.0 Å². The lowest BCUT2D eigenvalue weighted by Gasteiger charge is -2.41. The van der Waals surface area contributed by atoms with E-state index in [4.69, 9.17) is 4.74 Å². The summed E-state index contributed by atoms with van der Waals surface area (Å²) in [6, 6.07) is 7.90. The van der Waals surface area contributed by atoms with Crippen molar-refractivity contribution in [3.8, 4) is 0 Å². The van der Waals surface area contributed by atoms with Crippen LogP contribution in [0.5, 0.6) is 0 Å². The molecule has 1 aromatic heterocycles. The lowest BCUT2D eigenvalue weighted by Crippen LogP contribution is -2.50. The molecule has 7 nitrogen and oxygen atoms in total. The summed E-state index contributed by atoms with van der Waals surface area (Å²) in [6.07, 6.45) is 13.7. The second-order valence-electron chi connectivity index (χ2n) is 8.98. The van der Waals surface area contributed by atoms with Gasteiger partial charge in [-0.05, 0) is 49.9 Å². The highest BCUT2D eigenvalue weighted by molar-refractivity contribution is 7.15. The molecule has 2 N–H and O–H groups in total. The van der Waals surface area contributed by atoms with E-state index in [2.05, 4.69) is 20.5 Å². The first-order chi connectivity index (χ1) is 16.1. The van der Waals surface area contributed by atoms with Crippen molar-refractivity contribution in [2.75, 3.05) is 17.7 Å². The molecule has 0 radical (unpaired) electrons. The van der Waals surface area contributed by atoms with Crippen LogP contribution in [0.15, 0.2) is 30.5 Å². The predicted octanol–water partition coefficient (Wildman–Crippen LogP) is 6.04. The van der Waals surface area contributed by atoms with Crippen molar-refractivity contribution in [2.45, 2.75) is 82.8 Å². The third-order valence-electron chi connectivity index (χ3n) is 6.71. The topological polar surface area (TPSA) is 83.6 Å². The van der Waals surface area contributed by atoms with Crippen LogP contribution in [0.3, 0.4) is 0 Å². The molecule has 0 spiro atoms. The van der Waals surface area contributed by atoms with E-state index in [0.29, 0.717) is 29.3 Å². The second-order valence-corrected chi connectivity index (χ2v) is 10.1. The highest BCUT2D eigenvalue weighted by Crippen LogP contribution is 2.31. The SMILES string of the molecule is COC(=O)c1ccc(NCc2cnc(NC(=O)N(C3CCCCC3)C3CCCCC3)s2)cc1. The fourth-order valence-electron chi connectivity index (χ4n) is 4.98. The van der Waals surface area contributed by atoms with Gasteiger partial charge in [-0.3, -0.25) is 5.32 Å². The maximum absolute atomic E-state index is 13.3. The molecule has 0 atom stereocenters. The molecule has 33 heavy (non-hydrogen) atoms. The monoisotopic (exact) mass is 470 g/mol. The lowest BCUT2D eigenvalue weighted by molar-refractivity contribution is 0.0600. The summed E-state index contributed by atoms with van der Waals surface area (Å²) in [5.41, 5.74) is 1.42. The Morgan fingerprint density at radius 3 is 2.18 bits per heavy atom. The predicted molar refractivity (Wildman–Crippen MR) is 132 cm³/mol. The van der Waals surface area contributed by atoms with E-state index in [1.54, 1.807) is 12.1 Å². The van der Waals surface area contributed by atoms with Crippen LogP contribution < -0.4 is 10.6 Å². The number of benzene rings is 1. The number of carbonyl (C=O) groups is 2. The van der Waals surface area contributed by atoms with Gasteiger partial charge in [-0.25, -0.2) is 14.6 Å². The van der Waals surface area contributed by atoms with E-state index >= 15 is 0 Å². The van der Waals surface area contributed by atoms with Gasteiger partial charge in [0, 0.05) is 28.8 Å². The Hall–Kier alpha value is -2.61. The quantitative estimate of drug-likeness (QED) is 0.482. The molecular formula is C25H34N4O3S. The maximum atomic E-state index is 13.3. The van der Waals surface area contributed by atoms with Gasteiger partial charge in [-0.2, -0.15) is 0 Å². The Labute approximate surface area is 199 Å². The Morgan fingerprint density at radius 1 is 1.00 bits per heavy atom. The van der Waals surface area contributed by atoms with Crippen molar-refractivity contribution in [1.82, 2.24) is 9.88 Å². The highest BCUT2D eigenvalue weighted by Gasteiger charge is 2.32. The minimum atomic E-state index is -0.347. The smallest absolute Gasteiger partial charge is 0.337 e. The fourth-order valence-corrected chi connectivity index (χ4v) is 5.72. The van der Waals surface area contributed by atoms with Gasteiger partial charge in [0.05, 0.1) is 19.2 Å². The second kappa shape index (κ2) is 11.5. The van der Waals surface area contributed by atoms with Crippen molar-refractivity contribution < 1.29 is 14.3 Å². The number of anilines is 2. The molecule has 4 rings (SSSR count). The maximum Gasteiger partial charge on any atom is 0.337 e. The number of ether oxygens (including phenoxy) is 1. The zero-order chi connectivity index (χ0) is 23.0. The summed E-state index contributed by atoms with van der Waals surface area (Å²) in [6.45, 7) is 0.597. The van der Waals surface area contributed by atoms with Gasteiger partial charge in [-0.15, -0.1) is 0 Å². The number of hydrogen-bond donors (Lipinski definition) is 2. The summed E-state index contributed by atoms with van der Waals surface area (Å²) in [5, 5.41) is 7.08. The van der Waals surface area contributed by atoms with E-state index < -0.39 is 0 Å². The van der Waals surface area contributed by atoms with E-state index in [1.807, 2.05) is 18.3 Å². The zero-order valence-electron chi connectivity index (χ0n) is 19.3. The Bertz CT molecular complexity index is 900. The minimum Gasteiger partial charge on any atom is -0.465 e. The largest absolute Gasteiger partial charge is 0.465 e. The van der Waals surface area contributed by atoms with Gasteiger partial charge in [0.2, 0.25) is 0 Å². The van der Waals surface area contributed by atoms with Crippen molar-refractivity contribution in [3.63, 3.8) is 0 Å². The van der Waals surface area contributed by atoms with Crippen LogP contribution in [-0.4, -0.2) is 41.1 Å². The average molecular weight is 471 g/mol. The molecule has 0 bridgehead atoms. The number of nitrogens with zero attached hydrogens (tertiary/aromatic N) is 2. The number of esters is 1. The van der Waals surface area contributed by atoms with Crippen LogP contribution in [-0.2, 0) is 11.3 Å². The van der Waals surface area contributed by atoms with E-state index in [9.17, 15) is 9.59 Å². The summed E-state index contributed by atoms with van der Waals surface area (Å²) in [4.78, 5) is 32.5. The van der Waals surface area contributed by atoms with Gasteiger partial charge in [0.1, 0.15) is 0 Å². The average Bonchev–Trinajstić information content (AvgIpc) is 3.31. The molecule has 2 saturated carbocycles. The van der Waals surface area contributed by atoms with Crippen LogP contribution in [0.2, 0.25) is 0 Å². The highest BCUT2D eigenvalue weighted by atomic mass is 32.1. The summed E-state index contributed by atoms with van der Waals surface area (Å²) in [5.74, 6) is -0.347. The Kier molecular flexibility index (Phi) is 8.20. The van der Waals surface area contributed by atoms with Crippen LogP contribution in [0.25, 0.3) is 0 Å². The molecule has 2 aromatic rings. The summed E-state index contributed by atoms with van der Waals surface area (Å²) in [7, 11) is 1.37. The van der Waals surface area contributed by atoms with Crippen molar-refractivity contribution in [3.05, 3.63) is 40.9 Å². The summed E-state index contributed by atoms with van der Waals surface area (Å²) >= 11 is 1.50. The molecule has 0 saturated heterocycles. The van der Waals surface area contributed by atoms with Crippen LogP contribution in [0, 0.1) is 0 Å². The zero-order valence-corrected chi connectivity index (χ0v) is 20.2. The number of methoxy groups -OCH3 is 1. The molecule has 2 aliphatic rings. The molecule has 0 aliphatic heterocycles. The van der Waals surface area contributed by atoms with Gasteiger partial charge < -0.3 is 15.0 Å². The number of carbonyl (C=O) groups excluding carboxylic acids is 2. The number of amides is 2. The van der Waals surface area contributed by atoms with E-state index in [-0.39, 0.29) is 12.0 Å². The lowest BCUT2D eigenvalue weighted by atomic mass is 9.89. The third kappa shape index (κ3) is 6.25. The molecule has 2 fully saturated rings. The van der Waals surface area contributed by atoms with E-state index in [0.717, 1.165) is 36.2 Å². The normalized spacial score (nSPS) is 17.4. The minimum absolute atomic E-state index is 0.0149. The first kappa shape index (κ1) is 23.5. The van der Waals surface area contributed by atoms with Crippen LogP contribution in [0.1, 0.15) is 79.4 Å². The molecule has 8 heteroatoms. The molecule has 0 unspecified atom stereocenters. The van der Waals surface area contributed by atoms with Crippen LogP contribution >= 0.6 is 11.3 Å². The number of thiazole rings is 1. The third-order valence-corrected chi connectivity index (χ3v) is 7.62. The standard InChI is InChI=1S/C25H34N4O3S/c1-32-23(30)18-12-14-19(15-13-18)26-16-22-17-27-24(33-22)28-25(31)29(20-8-4-2-5-9-20)21-10-6-3-7-11-21/h12-15,17,20-21,26H,2-11,16H2,1H3,(H,27,28,31). The first-order valence-corrected chi connectivity index (χ1v) is 12.9. The van der Waals surface area contributed by atoms with Crippen molar-refractivity contribution >= 4 is 34.2 Å². The fraction of sp³-hybridized carbons (Fsp3) is 0.560. The van der Waals surface area contributed by atoms with Gasteiger partial charge in [-0.1, -0.05) is 49.9 Å². The van der Waals surface area contributed by atoms with Crippen molar-refractivity contribution in [1.29, 1.82) is 0 Å². The van der Waals surface area contributed by atoms with E-state index in [1.165, 1.54) is 57.0 Å². The molecule has 178 valence electrons. The number of nitrogens with one attached hydrogen (secondary N) is 2. The molecule has 2 aliphatic carbocycles. The van der Waals surface area contributed by atoms with Crippen molar-refractivity contribution in [2.24, 2.45) is 0 Å². The number of rotatable bonds is 7. The Morgan fingerprint density at radius 2 is 1.61 bits per heavy atom. The first-order valence-electron chi connectivity index (χ1n) is 12.1. The Balaban J connectivity index is 1.35. The number of urea groups is 1. The molecule has 1 aromatic carbocycles. The molecule has 1 heterocycles.